The highest BCUT2D eigenvalue weighted by molar-refractivity contribution is 6.34. The summed E-state index contributed by atoms with van der Waals surface area (Å²) >= 11 is 18.0. The number of benzene rings is 2. The van der Waals surface area contributed by atoms with Crippen LogP contribution in [0.4, 0.5) is 0 Å². The van der Waals surface area contributed by atoms with Crippen LogP contribution in [0.15, 0.2) is 48.5 Å². The van der Waals surface area contributed by atoms with E-state index in [1.54, 1.807) is 18.2 Å². The van der Waals surface area contributed by atoms with Gasteiger partial charge in [0.25, 0.3) is 0 Å². The van der Waals surface area contributed by atoms with Crippen LogP contribution in [-0.2, 0) is 5.88 Å². The van der Waals surface area contributed by atoms with Gasteiger partial charge in [0.1, 0.15) is 5.75 Å². The Bertz CT molecular complexity index is 805. The second-order valence-corrected chi connectivity index (χ2v) is 5.56. The summed E-state index contributed by atoms with van der Waals surface area (Å²) in [6, 6.07) is 14.8. The largest absolute Gasteiger partial charge is 0.437 e. The normalized spacial score (nSPS) is 10.8. The van der Waals surface area contributed by atoms with Gasteiger partial charge in [0.2, 0.25) is 5.88 Å². The molecule has 0 unspecified atom stereocenters. The summed E-state index contributed by atoms with van der Waals surface area (Å²) in [5, 5.41) is 2.92. The van der Waals surface area contributed by atoms with Crippen LogP contribution in [0.1, 0.15) is 5.69 Å². The van der Waals surface area contributed by atoms with Crippen molar-refractivity contribution in [1.82, 2.24) is 4.98 Å². The first-order valence-corrected chi connectivity index (χ1v) is 7.54. The highest BCUT2D eigenvalue weighted by atomic mass is 35.5. The molecule has 21 heavy (non-hydrogen) atoms. The molecular weight excluding hydrogens is 329 g/mol. The molecule has 0 fully saturated rings. The molecule has 0 spiro atoms. The number of fused-ring (bicyclic) bond motifs is 1. The van der Waals surface area contributed by atoms with Crippen LogP contribution in [0.2, 0.25) is 10.0 Å². The van der Waals surface area contributed by atoms with Gasteiger partial charge in [-0.15, -0.1) is 11.6 Å². The van der Waals surface area contributed by atoms with E-state index in [0.29, 0.717) is 27.6 Å². The van der Waals surface area contributed by atoms with E-state index >= 15 is 0 Å². The van der Waals surface area contributed by atoms with Gasteiger partial charge in [-0.25, -0.2) is 4.98 Å². The molecule has 3 aromatic rings. The van der Waals surface area contributed by atoms with E-state index in [0.717, 1.165) is 16.5 Å². The minimum atomic E-state index is 0.310. The number of ether oxygens (including phenoxy) is 1. The molecular formula is C16H10Cl3NO. The highest BCUT2D eigenvalue weighted by Gasteiger charge is 2.10. The molecule has 5 heteroatoms. The van der Waals surface area contributed by atoms with E-state index < -0.39 is 0 Å². The fraction of sp³-hybridized carbons (Fsp3) is 0.0625. The molecule has 0 amide bonds. The minimum absolute atomic E-state index is 0.310. The summed E-state index contributed by atoms with van der Waals surface area (Å²) in [5.41, 5.74) is 0.739. The van der Waals surface area contributed by atoms with Crippen molar-refractivity contribution in [3.8, 4) is 11.6 Å². The molecule has 2 aromatic carbocycles. The predicted molar refractivity (Wildman–Crippen MR) is 87.8 cm³/mol. The van der Waals surface area contributed by atoms with Crippen LogP contribution >= 0.6 is 34.8 Å². The van der Waals surface area contributed by atoms with Crippen molar-refractivity contribution in [3.05, 3.63) is 64.3 Å². The van der Waals surface area contributed by atoms with Crippen LogP contribution in [0.25, 0.3) is 10.8 Å². The number of rotatable bonds is 3. The number of pyridine rings is 1. The summed E-state index contributed by atoms with van der Waals surface area (Å²) in [5.74, 6) is 1.24. The Kier molecular flexibility index (Phi) is 4.20. The molecule has 0 N–H and O–H groups in total. The Morgan fingerprint density at radius 2 is 1.81 bits per heavy atom. The van der Waals surface area contributed by atoms with Gasteiger partial charge in [-0.05, 0) is 29.7 Å². The number of hydrogen-bond donors (Lipinski definition) is 0. The first kappa shape index (κ1) is 14.5. The molecule has 3 rings (SSSR count). The van der Waals surface area contributed by atoms with Gasteiger partial charge in [0.15, 0.2) is 0 Å². The van der Waals surface area contributed by atoms with Gasteiger partial charge in [-0.1, -0.05) is 41.4 Å². The van der Waals surface area contributed by atoms with E-state index in [-0.39, 0.29) is 0 Å². The highest BCUT2D eigenvalue weighted by Crippen LogP contribution is 2.34. The monoisotopic (exact) mass is 337 g/mol. The molecule has 0 bridgehead atoms. The topological polar surface area (TPSA) is 22.1 Å². The standard InChI is InChI=1S/C16H10Cl3NO/c17-9-12-7-10-3-1-2-4-13(10)16(20-12)21-15-8-11(18)5-6-14(15)19/h1-8H,9H2. The summed E-state index contributed by atoms with van der Waals surface area (Å²) in [7, 11) is 0. The Balaban J connectivity index is 2.13. The first-order valence-electron chi connectivity index (χ1n) is 6.25. The SMILES string of the molecule is ClCc1cc2ccccc2c(Oc2cc(Cl)ccc2Cl)n1. The van der Waals surface area contributed by atoms with Crippen molar-refractivity contribution in [2.45, 2.75) is 5.88 Å². The van der Waals surface area contributed by atoms with Gasteiger partial charge >= 0.3 is 0 Å². The Labute approximate surface area is 137 Å². The summed E-state index contributed by atoms with van der Waals surface area (Å²) < 4.78 is 5.86. The Hall–Kier alpha value is -1.48. The number of alkyl halides is 1. The zero-order valence-corrected chi connectivity index (χ0v) is 13.1. The molecule has 2 nitrogen and oxygen atoms in total. The molecule has 1 aromatic heterocycles. The number of nitrogens with zero attached hydrogens (tertiary/aromatic N) is 1. The van der Waals surface area contributed by atoms with Gasteiger partial charge in [0, 0.05) is 16.5 Å². The molecule has 0 aliphatic rings. The van der Waals surface area contributed by atoms with Crippen molar-refractivity contribution >= 4 is 45.6 Å². The van der Waals surface area contributed by atoms with E-state index in [1.807, 2.05) is 30.3 Å². The Morgan fingerprint density at radius 1 is 1.00 bits per heavy atom. The molecule has 0 atom stereocenters. The average Bonchev–Trinajstić information content (AvgIpc) is 2.50. The summed E-state index contributed by atoms with van der Waals surface area (Å²) in [6.07, 6.45) is 0. The molecule has 0 aliphatic carbocycles. The zero-order valence-electron chi connectivity index (χ0n) is 10.8. The summed E-state index contributed by atoms with van der Waals surface area (Å²) in [6.45, 7) is 0. The van der Waals surface area contributed by atoms with Gasteiger partial charge in [0.05, 0.1) is 16.6 Å². The molecule has 0 saturated heterocycles. The third-order valence-corrected chi connectivity index (χ3v) is 3.82. The van der Waals surface area contributed by atoms with Crippen molar-refractivity contribution < 1.29 is 4.74 Å². The van der Waals surface area contributed by atoms with Crippen molar-refractivity contribution in [2.24, 2.45) is 0 Å². The third-order valence-electron chi connectivity index (χ3n) is 3.00. The van der Waals surface area contributed by atoms with Gasteiger partial charge in [-0.3, -0.25) is 0 Å². The zero-order chi connectivity index (χ0) is 14.8. The van der Waals surface area contributed by atoms with Crippen LogP contribution in [-0.4, -0.2) is 4.98 Å². The van der Waals surface area contributed by atoms with Crippen molar-refractivity contribution in [1.29, 1.82) is 0 Å². The van der Waals surface area contributed by atoms with E-state index in [4.69, 9.17) is 39.5 Å². The van der Waals surface area contributed by atoms with Crippen molar-refractivity contribution in [3.63, 3.8) is 0 Å². The number of hydrogen-bond acceptors (Lipinski definition) is 2. The second-order valence-electron chi connectivity index (χ2n) is 4.45. The molecule has 0 radical (unpaired) electrons. The lowest BCUT2D eigenvalue weighted by atomic mass is 10.1. The maximum Gasteiger partial charge on any atom is 0.227 e. The average molecular weight is 339 g/mol. The summed E-state index contributed by atoms with van der Waals surface area (Å²) in [4.78, 5) is 4.43. The molecule has 0 saturated carbocycles. The molecule has 106 valence electrons. The maximum absolute atomic E-state index is 6.13. The van der Waals surface area contributed by atoms with Crippen LogP contribution in [0.5, 0.6) is 11.6 Å². The predicted octanol–water partition coefficient (Wildman–Crippen LogP) is 6.07. The number of aromatic nitrogens is 1. The number of halogens is 3. The second kappa shape index (κ2) is 6.10. The van der Waals surface area contributed by atoms with Crippen molar-refractivity contribution in [2.75, 3.05) is 0 Å². The molecule has 0 aliphatic heterocycles. The lowest BCUT2D eigenvalue weighted by molar-refractivity contribution is 0.468. The fourth-order valence-corrected chi connectivity index (χ4v) is 2.48. The third kappa shape index (κ3) is 3.08. The lowest BCUT2D eigenvalue weighted by Gasteiger charge is -2.11. The minimum Gasteiger partial charge on any atom is -0.437 e. The van der Waals surface area contributed by atoms with Gasteiger partial charge in [-0.2, -0.15) is 0 Å². The van der Waals surface area contributed by atoms with Crippen LogP contribution in [0.3, 0.4) is 0 Å². The molecule has 1 heterocycles. The van der Waals surface area contributed by atoms with Crippen LogP contribution < -0.4 is 4.74 Å². The van der Waals surface area contributed by atoms with E-state index in [2.05, 4.69) is 4.98 Å². The Morgan fingerprint density at radius 3 is 2.62 bits per heavy atom. The fourth-order valence-electron chi connectivity index (χ4n) is 2.03. The van der Waals surface area contributed by atoms with E-state index in [9.17, 15) is 0 Å². The smallest absolute Gasteiger partial charge is 0.227 e. The van der Waals surface area contributed by atoms with E-state index in [1.165, 1.54) is 0 Å². The van der Waals surface area contributed by atoms with Gasteiger partial charge < -0.3 is 4.74 Å². The quantitative estimate of drug-likeness (QED) is 0.540. The van der Waals surface area contributed by atoms with Crippen LogP contribution in [0, 0.1) is 0 Å². The first-order chi connectivity index (χ1) is 10.2. The maximum atomic E-state index is 6.13. The lowest BCUT2D eigenvalue weighted by Crippen LogP contribution is -1.94.